The summed E-state index contributed by atoms with van der Waals surface area (Å²) in [6, 6.07) is 0. The number of nitrogens with one attached hydrogen (secondary N) is 1. The van der Waals surface area contributed by atoms with Crippen molar-refractivity contribution in [2.75, 3.05) is 52.9 Å². The maximum absolute atomic E-state index is 11.8. The molecule has 1 heterocycles. The number of amides is 1. The van der Waals surface area contributed by atoms with Crippen LogP contribution in [0.25, 0.3) is 0 Å². The molecule has 1 fully saturated rings. The first-order valence-corrected chi connectivity index (χ1v) is 7.79. The van der Waals surface area contributed by atoms with Crippen LogP contribution in [0.3, 0.4) is 0 Å². The van der Waals surface area contributed by atoms with Crippen LogP contribution in [0.5, 0.6) is 0 Å². The molecule has 0 radical (unpaired) electrons. The summed E-state index contributed by atoms with van der Waals surface area (Å²) in [5.41, 5.74) is 0. The Kier molecular flexibility index (Phi) is 8.30. The van der Waals surface area contributed by atoms with Gasteiger partial charge in [0.05, 0.1) is 20.1 Å². The molecule has 1 N–H and O–H groups in total. The smallest absolute Gasteiger partial charge is 0.306 e. The highest BCUT2D eigenvalue weighted by molar-refractivity contribution is 5.78. The molecule has 0 bridgehead atoms. The number of hydrogen-bond acceptors (Lipinski definition) is 5. The third-order valence-corrected chi connectivity index (χ3v) is 3.74. The van der Waals surface area contributed by atoms with Gasteiger partial charge in [-0.05, 0) is 12.3 Å². The maximum atomic E-state index is 11.8. The molecule has 0 aromatic carbocycles. The van der Waals surface area contributed by atoms with Gasteiger partial charge < -0.3 is 15.0 Å². The van der Waals surface area contributed by atoms with E-state index in [2.05, 4.69) is 33.7 Å². The Morgan fingerprint density at radius 3 is 2.33 bits per heavy atom. The zero-order valence-corrected chi connectivity index (χ0v) is 13.6. The Bertz CT molecular complexity index is 326. The van der Waals surface area contributed by atoms with Crippen LogP contribution >= 0.6 is 0 Å². The van der Waals surface area contributed by atoms with Crippen LogP contribution in [0.4, 0.5) is 0 Å². The van der Waals surface area contributed by atoms with Gasteiger partial charge in [0, 0.05) is 39.3 Å². The average molecular weight is 299 g/mol. The molecule has 1 aliphatic heterocycles. The van der Waals surface area contributed by atoms with Crippen molar-refractivity contribution in [1.82, 2.24) is 15.1 Å². The zero-order chi connectivity index (χ0) is 15.7. The molecule has 0 spiro atoms. The largest absolute Gasteiger partial charge is 0.469 e. The maximum Gasteiger partial charge on any atom is 0.306 e. The van der Waals surface area contributed by atoms with Gasteiger partial charge in [-0.25, -0.2) is 0 Å². The summed E-state index contributed by atoms with van der Waals surface area (Å²) in [5, 5.41) is 2.96. The van der Waals surface area contributed by atoms with E-state index in [9.17, 15) is 9.59 Å². The minimum absolute atomic E-state index is 0.110. The molecule has 0 saturated carbocycles. The molecule has 1 saturated heterocycles. The number of rotatable bonds is 8. The summed E-state index contributed by atoms with van der Waals surface area (Å²) in [5.74, 6) is 0.560. The molecule has 0 aromatic heterocycles. The van der Waals surface area contributed by atoms with Gasteiger partial charge in [0.25, 0.3) is 0 Å². The predicted molar refractivity (Wildman–Crippen MR) is 82.0 cm³/mol. The standard InChI is InChI=1S/C15H29N3O3/c1-13(2)4-6-16-14(19)12-18-10-8-17(9-11-18)7-5-15(20)21-3/h13H,4-12H2,1-3H3,(H,16,19). The van der Waals surface area contributed by atoms with Crippen molar-refractivity contribution in [2.45, 2.75) is 26.7 Å². The Morgan fingerprint density at radius 1 is 1.14 bits per heavy atom. The fourth-order valence-electron chi connectivity index (χ4n) is 2.28. The van der Waals surface area contributed by atoms with Crippen LogP contribution in [0.15, 0.2) is 0 Å². The van der Waals surface area contributed by atoms with Gasteiger partial charge in [0.15, 0.2) is 0 Å². The van der Waals surface area contributed by atoms with Gasteiger partial charge in [-0.1, -0.05) is 13.8 Å². The Morgan fingerprint density at radius 2 is 1.76 bits per heavy atom. The van der Waals surface area contributed by atoms with Gasteiger partial charge >= 0.3 is 5.97 Å². The lowest BCUT2D eigenvalue weighted by molar-refractivity contribution is -0.141. The number of carbonyl (C=O) groups is 2. The average Bonchev–Trinajstić information content (AvgIpc) is 2.45. The van der Waals surface area contributed by atoms with Crippen LogP contribution < -0.4 is 5.32 Å². The van der Waals surface area contributed by atoms with E-state index in [1.807, 2.05) is 0 Å². The van der Waals surface area contributed by atoms with Crippen molar-refractivity contribution in [2.24, 2.45) is 5.92 Å². The van der Waals surface area contributed by atoms with Gasteiger partial charge in [-0.15, -0.1) is 0 Å². The quantitative estimate of drug-likeness (QED) is 0.655. The van der Waals surface area contributed by atoms with Crippen molar-refractivity contribution in [3.63, 3.8) is 0 Å². The monoisotopic (exact) mass is 299 g/mol. The number of ether oxygens (including phenoxy) is 1. The van der Waals surface area contributed by atoms with E-state index in [-0.39, 0.29) is 11.9 Å². The summed E-state index contributed by atoms with van der Waals surface area (Å²) in [6.45, 7) is 9.82. The van der Waals surface area contributed by atoms with E-state index in [0.29, 0.717) is 18.9 Å². The van der Waals surface area contributed by atoms with Crippen molar-refractivity contribution >= 4 is 11.9 Å². The van der Waals surface area contributed by atoms with Crippen LogP contribution in [0.1, 0.15) is 26.7 Å². The molecular formula is C15H29N3O3. The molecule has 21 heavy (non-hydrogen) atoms. The highest BCUT2D eigenvalue weighted by Gasteiger charge is 2.19. The second-order valence-corrected chi connectivity index (χ2v) is 5.98. The van der Waals surface area contributed by atoms with Crippen molar-refractivity contribution in [3.05, 3.63) is 0 Å². The van der Waals surface area contributed by atoms with Crippen LogP contribution in [-0.2, 0) is 14.3 Å². The third-order valence-electron chi connectivity index (χ3n) is 3.74. The summed E-state index contributed by atoms with van der Waals surface area (Å²) in [6.07, 6.45) is 1.46. The second-order valence-electron chi connectivity index (χ2n) is 5.98. The minimum atomic E-state index is -0.165. The van der Waals surface area contributed by atoms with Gasteiger partial charge in [-0.3, -0.25) is 14.5 Å². The number of piperazine rings is 1. The molecule has 0 unspecified atom stereocenters. The Hall–Kier alpha value is -1.14. The lowest BCUT2D eigenvalue weighted by atomic mass is 10.1. The van der Waals surface area contributed by atoms with E-state index >= 15 is 0 Å². The second kappa shape index (κ2) is 9.73. The Labute approximate surface area is 127 Å². The number of carbonyl (C=O) groups excluding carboxylic acids is 2. The number of nitrogens with zero attached hydrogens (tertiary/aromatic N) is 2. The van der Waals surface area contributed by atoms with E-state index in [1.165, 1.54) is 7.11 Å². The zero-order valence-electron chi connectivity index (χ0n) is 13.6. The van der Waals surface area contributed by atoms with E-state index in [1.54, 1.807) is 0 Å². The molecule has 6 nitrogen and oxygen atoms in total. The normalized spacial score (nSPS) is 17.0. The van der Waals surface area contributed by atoms with E-state index < -0.39 is 0 Å². The first-order chi connectivity index (χ1) is 10.0. The molecular weight excluding hydrogens is 270 g/mol. The SMILES string of the molecule is COC(=O)CCN1CCN(CC(=O)NCCC(C)C)CC1. The van der Waals surface area contributed by atoms with E-state index in [4.69, 9.17) is 0 Å². The molecule has 1 rings (SSSR count). The molecule has 0 aliphatic carbocycles. The van der Waals surface area contributed by atoms with Crippen LogP contribution in [0.2, 0.25) is 0 Å². The van der Waals surface area contributed by atoms with Crippen LogP contribution in [-0.4, -0.2) is 74.6 Å². The summed E-state index contributed by atoms with van der Waals surface area (Å²) in [7, 11) is 1.41. The first-order valence-electron chi connectivity index (χ1n) is 7.79. The molecule has 0 atom stereocenters. The summed E-state index contributed by atoms with van der Waals surface area (Å²) >= 11 is 0. The minimum Gasteiger partial charge on any atom is -0.469 e. The van der Waals surface area contributed by atoms with E-state index in [0.717, 1.165) is 45.7 Å². The highest BCUT2D eigenvalue weighted by atomic mass is 16.5. The fraction of sp³-hybridized carbons (Fsp3) is 0.867. The van der Waals surface area contributed by atoms with Crippen LogP contribution in [0, 0.1) is 5.92 Å². The number of hydrogen-bond donors (Lipinski definition) is 1. The fourth-order valence-corrected chi connectivity index (χ4v) is 2.28. The highest BCUT2D eigenvalue weighted by Crippen LogP contribution is 2.03. The van der Waals surface area contributed by atoms with Crippen molar-refractivity contribution in [3.8, 4) is 0 Å². The molecule has 122 valence electrons. The number of methoxy groups -OCH3 is 1. The molecule has 1 aliphatic rings. The summed E-state index contributed by atoms with van der Waals surface area (Å²) in [4.78, 5) is 27.3. The number of esters is 1. The Balaban J connectivity index is 2.12. The lowest BCUT2D eigenvalue weighted by Crippen LogP contribution is -2.49. The molecule has 0 aromatic rings. The third kappa shape index (κ3) is 8.02. The van der Waals surface area contributed by atoms with Gasteiger partial charge in [0.1, 0.15) is 0 Å². The first kappa shape index (κ1) is 17.9. The van der Waals surface area contributed by atoms with Crippen molar-refractivity contribution in [1.29, 1.82) is 0 Å². The predicted octanol–water partition coefficient (Wildman–Crippen LogP) is 0.329. The van der Waals surface area contributed by atoms with Crippen molar-refractivity contribution < 1.29 is 14.3 Å². The molecule has 6 heteroatoms. The van der Waals surface area contributed by atoms with Gasteiger partial charge in [-0.2, -0.15) is 0 Å². The summed E-state index contributed by atoms with van der Waals surface area (Å²) < 4.78 is 4.64. The lowest BCUT2D eigenvalue weighted by Gasteiger charge is -2.34. The topological polar surface area (TPSA) is 61.9 Å². The molecule has 1 amide bonds. The van der Waals surface area contributed by atoms with Gasteiger partial charge in [0.2, 0.25) is 5.91 Å².